The number of hydrogen-bond acceptors (Lipinski definition) is 3. The van der Waals surface area contributed by atoms with Crippen LogP contribution in [0.3, 0.4) is 0 Å². The lowest BCUT2D eigenvalue weighted by Crippen LogP contribution is -1.97. The van der Waals surface area contributed by atoms with Gasteiger partial charge in [0, 0.05) is 6.92 Å². The van der Waals surface area contributed by atoms with E-state index in [0.29, 0.717) is 5.92 Å². The van der Waals surface area contributed by atoms with Crippen molar-refractivity contribution in [2.45, 2.75) is 27.2 Å². The predicted molar refractivity (Wildman–Crippen MR) is 70.3 cm³/mol. The highest BCUT2D eigenvalue weighted by atomic mass is 16.5. The molecule has 0 saturated carbocycles. The summed E-state index contributed by atoms with van der Waals surface area (Å²) in [5.41, 5.74) is 2.11. The fourth-order valence-corrected chi connectivity index (χ4v) is 1.61. The van der Waals surface area contributed by atoms with E-state index >= 15 is 0 Å². The average Bonchev–Trinajstić information content (AvgIpc) is 2.29. The van der Waals surface area contributed by atoms with E-state index in [4.69, 9.17) is 10.00 Å². The first kappa shape index (κ1) is 14.0. The zero-order chi connectivity index (χ0) is 13.5. The summed E-state index contributed by atoms with van der Waals surface area (Å²) in [6.07, 6.45) is 2.58. The Morgan fingerprint density at radius 3 is 2.44 bits per heavy atom. The molecule has 1 aromatic carbocycles. The van der Waals surface area contributed by atoms with E-state index in [0.717, 1.165) is 12.0 Å². The van der Waals surface area contributed by atoms with E-state index in [1.165, 1.54) is 12.5 Å². The van der Waals surface area contributed by atoms with Crippen molar-refractivity contribution >= 4 is 12.0 Å². The Bertz CT molecular complexity index is 478. The molecular formula is C15H17NO2. The number of benzene rings is 1. The predicted octanol–water partition coefficient (Wildman–Crippen LogP) is 3.31. The van der Waals surface area contributed by atoms with Gasteiger partial charge in [0.2, 0.25) is 5.76 Å². The molecule has 0 bridgehead atoms. The Morgan fingerprint density at radius 1 is 1.39 bits per heavy atom. The Hall–Kier alpha value is -2.08. The summed E-state index contributed by atoms with van der Waals surface area (Å²) in [6.45, 7) is 5.61. The third-order valence-electron chi connectivity index (χ3n) is 2.29. The summed E-state index contributed by atoms with van der Waals surface area (Å²) in [6, 6.07) is 9.72. The number of nitrogens with zero attached hydrogens (tertiary/aromatic N) is 1. The SMILES string of the molecule is CC(=O)OC(C#N)=Cc1ccc(CC(C)C)cc1. The molecule has 3 nitrogen and oxygen atoms in total. The van der Waals surface area contributed by atoms with Crippen LogP contribution < -0.4 is 0 Å². The summed E-state index contributed by atoms with van der Waals surface area (Å²) in [5, 5.41) is 8.81. The fraction of sp³-hybridized carbons (Fsp3) is 0.333. The number of hydrogen-bond donors (Lipinski definition) is 0. The summed E-state index contributed by atoms with van der Waals surface area (Å²) >= 11 is 0. The molecule has 0 aliphatic carbocycles. The summed E-state index contributed by atoms with van der Waals surface area (Å²) < 4.78 is 4.76. The molecule has 0 fully saturated rings. The molecule has 18 heavy (non-hydrogen) atoms. The quantitative estimate of drug-likeness (QED) is 0.463. The number of ether oxygens (including phenoxy) is 1. The molecule has 0 N–H and O–H groups in total. The van der Waals surface area contributed by atoms with Crippen LogP contribution >= 0.6 is 0 Å². The average molecular weight is 243 g/mol. The summed E-state index contributed by atoms with van der Waals surface area (Å²) in [5.74, 6) is 0.139. The summed E-state index contributed by atoms with van der Waals surface area (Å²) in [7, 11) is 0. The lowest BCUT2D eigenvalue weighted by molar-refractivity contribution is -0.136. The van der Waals surface area contributed by atoms with E-state index in [1.807, 2.05) is 30.3 Å². The van der Waals surface area contributed by atoms with Crippen molar-refractivity contribution in [3.63, 3.8) is 0 Å². The second-order valence-electron chi connectivity index (χ2n) is 4.55. The van der Waals surface area contributed by atoms with Crippen LogP contribution in [0, 0.1) is 17.2 Å². The normalized spacial score (nSPS) is 11.2. The van der Waals surface area contributed by atoms with Crippen LogP contribution in [0.1, 0.15) is 31.9 Å². The molecule has 0 unspecified atom stereocenters. The zero-order valence-electron chi connectivity index (χ0n) is 10.9. The lowest BCUT2D eigenvalue weighted by atomic mass is 10.0. The van der Waals surface area contributed by atoms with Gasteiger partial charge in [0.1, 0.15) is 6.07 Å². The first-order valence-corrected chi connectivity index (χ1v) is 5.90. The van der Waals surface area contributed by atoms with Crippen molar-refractivity contribution in [1.82, 2.24) is 0 Å². The maximum Gasteiger partial charge on any atom is 0.308 e. The monoisotopic (exact) mass is 243 g/mol. The van der Waals surface area contributed by atoms with E-state index in [9.17, 15) is 4.79 Å². The highest BCUT2D eigenvalue weighted by Gasteiger charge is 2.02. The van der Waals surface area contributed by atoms with E-state index < -0.39 is 5.97 Å². The van der Waals surface area contributed by atoms with Gasteiger partial charge in [-0.15, -0.1) is 0 Å². The van der Waals surface area contributed by atoms with Crippen LogP contribution in [-0.2, 0) is 16.0 Å². The first-order valence-electron chi connectivity index (χ1n) is 5.90. The first-order chi connectivity index (χ1) is 8.51. The van der Waals surface area contributed by atoms with Gasteiger partial charge in [-0.25, -0.2) is 0 Å². The van der Waals surface area contributed by atoms with Crippen LogP contribution in [0.5, 0.6) is 0 Å². The third-order valence-corrected chi connectivity index (χ3v) is 2.29. The maximum atomic E-state index is 10.8. The smallest absolute Gasteiger partial charge is 0.308 e. The lowest BCUT2D eigenvalue weighted by Gasteiger charge is -2.05. The second kappa shape index (κ2) is 6.61. The van der Waals surface area contributed by atoms with Crippen LogP contribution in [0.2, 0.25) is 0 Å². The number of allylic oxidation sites excluding steroid dienone is 1. The molecule has 0 spiro atoms. The van der Waals surface area contributed by atoms with E-state index in [-0.39, 0.29) is 5.76 Å². The Kier molecular flexibility index (Phi) is 5.13. The van der Waals surface area contributed by atoms with E-state index in [1.54, 1.807) is 6.08 Å². The molecule has 0 aliphatic heterocycles. The summed E-state index contributed by atoms with van der Waals surface area (Å²) in [4.78, 5) is 10.8. The van der Waals surface area contributed by atoms with Crippen molar-refractivity contribution in [3.05, 3.63) is 41.2 Å². The molecular weight excluding hydrogens is 226 g/mol. The number of esters is 1. The minimum absolute atomic E-state index is 0.0131. The molecule has 0 aliphatic rings. The number of carbonyl (C=O) groups excluding carboxylic acids is 1. The van der Waals surface area contributed by atoms with Gasteiger partial charge >= 0.3 is 5.97 Å². The fourth-order valence-electron chi connectivity index (χ4n) is 1.61. The van der Waals surface area contributed by atoms with Crippen molar-refractivity contribution in [3.8, 4) is 6.07 Å². The van der Waals surface area contributed by atoms with E-state index in [2.05, 4.69) is 13.8 Å². The Labute approximate surface area is 108 Å². The molecule has 0 saturated heterocycles. The minimum Gasteiger partial charge on any atom is -0.415 e. The second-order valence-corrected chi connectivity index (χ2v) is 4.55. The van der Waals surface area contributed by atoms with Crippen molar-refractivity contribution in [1.29, 1.82) is 5.26 Å². The topological polar surface area (TPSA) is 50.1 Å². The molecule has 3 heteroatoms. The van der Waals surface area contributed by atoms with Crippen molar-refractivity contribution in [2.24, 2.45) is 5.92 Å². The molecule has 1 rings (SSSR count). The van der Waals surface area contributed by atoms with Gasteiger partial charge in [-0.2, -0.15) is 5.26 Å². The molecule has 0 aromatic heterocycles. The van der Waals surface area contributed by atoms with Gasteiger partial charge in [-0.1, -0.05) is 38.1 Å². The van der Waals surface area contributed by atoms with Gasteiger partial charge in [-0.05, 0) is 29.5 Å². The minimum atomic E-state index is -0.487. The van der Waals surface area contributed by atoms with Crippen molar-refractivity contribution in [2.75, 3.05) is 0 Å². The highest BCUT2D eigenvalue weighted by Crippen LogP contribution is 2.12. The van der Waals surface area contributed by atoms with Crippen molar-refractivity contribution < 1.29 is 9.53 Å². The van der Waals surface area contributed by atoms with Crippen LogP contribution in [0.4, 0.5) is 0 Å². The Morgan fingerprint density at radius 2 is 2.00 bits per heavy atom. The Balaban J connectivity index is 2.82. The van der Waals surface area contributed by atoms with Gasteiger partial charge < -0.3 is 4.74 Å². The van der Waals surface area contributed by atoms with Gasteiger partial charge in [0.25, 0.3) is 0 Å². The zero-order valence-corrected chi connectivity index (χ0v) is 10.9. The van der Waals surface area contributed by atoms with Crippen LogP contribution in [-0.4, -0.2) is 5.97 Å². The molecule has 0 amide bonds. The third kappa shape index (κ3) is 4.84. The maximum absolute atomic E-state index is 10.8. The standard InChI is InChI=1S/C15H17NO2/c1-11(2)8-13-4-6-14(7-5-13)9-15(10-16)18-12(3)17/h4-7,9,11H,8H2,1-3H3. The van der Waals surface area contributed by atoms with Gasteiger partial charge in [0.15, 0.2) is 0 Å². The molecule has 1 aromatic rings. The number of carbonyl (C=O) groups is 1. The largest absolute Gasteiger partial charge is 0.415 e. The van der Waals surface area contributed by atoms with Crippen LogP contribution in [0.15, 0.2) is 30.0 Å². The molecule has 0 radical (unpaired) electrons. The molecule has 0 heterocycles. The highest BCUT2D eigenvalue weighted by molar-refractivity contribution is 5.70. The molecule has 0 atom stereocenters. The van der Waals surface area contributed by atoms with Gasteiger partial charge in [0.05, 0.1) is 0 Å². The number of rotatable bonds is 4. The van der Waals surface area contributed by atoms with Crippen LogP contribution in [0.25, 0.3) is 6.08 Å². The number of nitriles is 1. The molecule has 94 valence electrons. The van der Waals surface area contributed by atoms with Gasteiger partial charge in [-0.3, -0.25) is 4.79 Å².